The topological polar surface area (TPSA) is 9.23 Å². The minimum atomic E-state index is -4.87. The van der Waals surface area contributed by atoms with Crippen molar-refractivity contribution >= 4 is 0 Å². The molecule has 1 aromatic rings. The number of hydrogen-bond acceptors (Lipinski definition) is 1. The van der Waals surface area contributed by atoms with Gasteiger partial charge >= 0.3 is 6.36 Å². The van der Waals surface area contributed by atoms with Crippen molar-refractivity contribution in [3.8, 4) is 5.75 Å². The molecule has 1 nitrogen and oxygen atoms in total. The third-order valence-electron chi connectivity index (χ3n) is 3.89. The Kier molecular flexibility index (Phi) is 4.91. The highest BCUT2D eigenvalue weighted by molar-refractivity contribution is 5.31. The molecule has 0 atom stereocenters. The molecule has 21 heavy (non-hydrogen) atoms. The summed E-state index contributed by atoms with van der Waals surface area (Å²) < 4.78 is 53.6. The van der Waals surface area contributed by atoms with Crippen molar-refractivity contribution < 1.29 is 22.3 Å². The van der Waals surface area contributed by atoms with E-state index in [1.807, 2.05) is 13.0 Å². The number of ether oxygens (including phenoxy) is 1. The summed E-state index contributed by atoms with van der Waals surface area (Å²) in [5, 5.41) is 0. The molecule has 0 N–H and O–H groups in total. The third kappa shape index (κ3) is 4.48. The third-order valence-corrected chi connectivity index (χ3v) is 3.89. The first-order valence-corrected chi connectivity index (χ1v) is 7.07. The lowest BCUT2D eigenvalue weighted by atomic mass is 9.78. The van der Waals surface area contributed by atoms with Crippen molar-refractivity contribution in [2.24, 2.45) is 5.92 Å². The molecule has 0 spiro atoms. The molecule has 0 amide bonds. The Morgan fingerprint density at radius 2 is 1.81 bits per heavy atom. The fourth-order valence-electron chi connectivity index (χ4n) is 2.90. The van der Waals surface area contributed by atoms with Gasteiger partial charge in [-0.2, -0.15) is 0 Å². The van der Waals surface area contributed by atoms with Gasteiger partial charge in [-0.1, -0.05) is 18.2 Å². The Morgan fingerprint density at radius 3 is 2.33 bits per heavy atom. The molecule has 5 heteroatoms. The maximum absolute atomic E-state index is 13.7. The summed E-state index contributed by atoms with van der Waals surface area (Å²) in [4.78, 5) is 0. The SMILES string of the molecule is C/C=C/C1CCC(c2ccc(OC(F)(F)F)c(F)c2)CC1. The Bertz CT molecular complexity index is 499. The maximum atomic E-state index is 13.7. The van der Waals surface area contributed by atoms with Crippen LogP contribution in [-0.4, -0.2) is 6.36 Å². The Labute approximate surface area is 121 Å². The first-order chi connectivity index (χ1) is 9.89. The zero-order valence-corrected chi connectivity index (χ0v) is 11.8. The van der Waals surface area contributed by atoms with Gasteiger partial charge in [-0.25, -0.2) is 4.39 Å². The Hall–Kier alpha value is -1.52. The molecule has 1 aromatic carbocycles. The first-order valence-electron chi connectivity index (χ1n) is 7.07. The van der Waals surface area contributed by atoms with Gasteiger partial charge in [0.05, 0.1) is 0 Å². The highest BCUT2D eigenvalue weighted by atomic mass is 19.4. The lowest BCUT2D eigenvalue weighted by molar-refractivity contribution is -0.275. The lowest BCUT2D eigenvalue weighted by Gasteiger charge is -2.27. The molecule has 0 unspecified atom stereocenters. The van der Waals surface area contributed by atoms with E-state index in [1.54, 1.807) is 0 Å². The number of halogens is 4. The minimum Gasteiger partial charge on any atom is -0.403 e. The van der Waals surface area contributed by atoms with Crippen molar-refractivity contribution in [1.82, 2.24) is 0 Å². The van der Waals surface area contributed by atoms with Gasteiger partial charge in [-0.15, -0.1) is 13.2 Å². The summed E-state index contributed by atoms with van der Waals surface area (Å²) in [6, 6.07) is 3.77. The van der Waals surface area contributed by atoms with Crippen LogP contribution in [0.25, 0.3) is 0 Å². The van der Waals surface area contributed by atoms with Crippen LogP contribution < -0.4 is 4.74 Å². The molecule has 0 bridgehead atoms. The zero-order chi connectivity index (χ0) is 15.5. The molecule has 0 saturated heterocycles. The molecule has 0 heterocycles. The highest BCUT2D eigenvalue weighted by Crippen LogP contribution is 2.37. The monoisotopic (exact) mass is 302 g/mol. The molecule has 0 aliphatic heterocycles. The summed E-state index contributed by atoms with van der Waals surface area (Å²) in [5.41, 5.74) is 0.751. The van der Waals surface area contributed by atoms with Crippen molar-refractivity contribution in [2.45, 2.75) is 44.9 Å². The van der Waals surface area contributed by atoms with E-state index in [9.17, 15) is 17.6 Å². The Balaban J connectivity index is 2.04. The van der Waals surface area contributed by atoms with Gasteiger partial charge < -0.3 is 4.74 Å². The van der Waals surface area contributed by atoms with Crippen LogP contribution in [0.3, 0.4) is 0 Å². The van der Waals surface area contributed by atoms with Crippen molar-refractivity contribution in [2.75, 3.05) is 0 Å². The average molecular weight is 302 g/mol. The van der Waals surface area contributed by atoms with E-state index in [0.717, 1.165) is 37.3 Å². The van der Waals surface area contributed by atoms with Crippen LogP contribution in [0, 0.1) is 11.7 Å². The fraction of sp³-hybridized carbons (Fsp3) is 0.500. The van der Waals surface area contributed by atoms with Crippen LogP contribution in [0.1, 0.15) is 44.1 Å². The highest BCUT2D eigenvalue weighted by Gasteiger charge is 2.32. The summed E-state index contributed by atoms with van der Waals surface area (Å²) in [7, 11) is 0. The van der Waals surface area contributed by atoms with Gasteiger partial charge in [0.15, 0.2) is 11.6 Å². The number of alkyl halides is 3. The van der Waals surface area contributed by atoms with E-state index in [1.165, 1.54) is 12.1 Å². The largest absolute Gasteiger partial charge is 0.573 e. The molecule has 1 fully saturated rings. The quantitative estimate of drug-likeness (QED) is 0.523. The molecule has 116 valence electrons. The number of benzene rings is 1. The Morgan fingerprint density at radius 1 is 1.14 bits per heavy atom. The van der Waals surface area contributed by atoms with Crippen molar-refractivity contribution in [3.05, 3.63) is 41.7 Å². The number of allylic oxidation sites excluding steroid dienone is 2. The summed E-state index contributed by atoms with van der Waals surface area (Å²) >= 11 is 0. The van der Waals surface area contributed by atoms with E-state index in [2.05, 4.69) is 10.8 Å². The molecule has 0 radical (unpaired) electrons. The predicted molar refractivity (Wildman–Crippen MR) is 72.6 cm³/mol. The van der Waals surface area contributed by atoms with E-state index < -0.39 is 17.9 Å². The molecular weight excluding hydrogens is 284 g/mol. The van der Waals surface area contributed by atoms with Crippen LogP contribution in [0.2, 0.25) is 0 Å². The van der Waals surface area contributed by atoms with Gasteiger partial charge in [0, 0.05) is 0 Å². The second-order valence-electron chi connectivity index (χ2n) is 5.38. The summed E-state index contributed by atoms with van der Waals surface area (Å²) in [6.45, 7) is 1.99. The average Bonchev–Trinajstić information content (AvgIpc) is 2.41. The van der Waals surface area contributed by atoms with Crippen LogP contribution in [-0.2, 0) is 0 Å². The second-order valence-corrected chi connectivity index (χ2v) is 5.38. The normalized spacial score (nSPS) is 23.5. The van der Waals surface area contributed by atoms with E-state index in [4.69, 9.17) is 0 Å². The smallest absolute Gasteiger partial charge is 0.403 e. The van der Waals surface area contributed by atoms with Crippen molar-refractivity contribution in [1.29, 1.82) is 0 Å². The summed E-state index contributed by atoms with van der Waals surface area (Å²) in [6.07, 6.45) is 3.24. The standard InChI is InChI=1S/C16H18F4O/c1-2-3-11-4-6-12(7-5-11)13-8-9-15(14(17)10-13)21-16(18,19)20/h2-3,8-12H,4-7H2,1H3/b3-2+. The zero-order valence-electron chi connectivity index (χ0n) is 11.8. The second kappa shape index (κ2) is 6.50. The van der Waals surface area contributed by atoms with Crippen LogP contribution in [0.4, 0.5) is 17.6 Å². The van der Waals surface area contributed by atoms with Gasteiger partial charge in [0.2, 0.25) is 0 Å². The van der Waals surface area contributed by atoms with Crippen LogP contribution in [0.5, 0.6) is 5.75 Å². The van der Waals surface area contributed by atoms with E-state index >= 15 is 0 Å². The molecule has 0 aromatic heterocycles. The molecule has 1 aliphatic rings. The van der Waals surface area contributed by atoms with Gasteiger partial charge in [-0.3, -0.25) is 0 Å². The number of rotatable bonds is 3. The van der Waals surface area contributed by atoms with Crippen molar-refractivity contribution in [3.63, 3.8) is 0 Å². The van der Waals surface area contributed by atoms with Gasteiger partial charge in [0.25, 0.3) is 0 Å². The summed E-state index contributed by atoms with van der Waals surface area (Å²) in [5.74, 6) is -0.959. The molecular formula is C16H18F4O. The van der Waals surface area contributed by atoms with Gasteiger partial charge in [0.1, 0.15) is 0 Å². The molecule has 1 saturated carbocycles. The van der Waals surface area contributed by atoms with E-state index in [-0.39, 0.29) is 5.92 Å². The minimum absolute atomic E-state index is 0.209. The maximum Gasteiger partial charge on any atom is 0.573 e. The first kappa shape index (κ1) is 15.9. The molecule has 2 rings (SSSR count). The fourth-order valence-corrected chi connectivity index (χ4v) is 2.90. The van der Waals surface area contributed by atoms with Crippen LogP contribution >= 0.6 is 0 Å². The van der Waals surface area contributed by atoms with Gasteiger partial charge in [-0.05, 0) is 62.1 Å². The number of hydrogen-bond donors (Lipinski definition) is 0. The van der Waals surface area contributed by atoms with Crippen LogP contribution in [0.15, 0.2) is 30.4 Å². The predicted octanol–water partition coefficient (Wildman–Crippen LogP) is 5.57. The molecule has 1 aliphatic carbocycles. The van der Waals surface area contributed by atoms with E-state index in [0.29, 0.717) is 5.92 Å². The lowest BCUT2D eigenvalue weighted by Crippen LogP contribution is -2.18.